The molecule has 4 rings (SSSR count). The Bertz CT molecular complexity index is 1000. The van der Waals surface area contributed by atoms with E-state index < -0.39 is 0 Å². The Morgan fingerprint density at radius 1 is 1.10 bits per heavy atom. The van der Waals surface area contributed by atoms with Gasteiger partial charge in [0.15, 0.2) is 17.2 Å². The Morgan fingerprint density at radius 2 is 1.79 bits per heavy atom. The molecule has 152 valence electrons. The van der Waals surface area contributed by atoms with Gasteiger partial charge in [0.25, 0.3) is 5.91 Å². The van der Waals surface area contributed by atoms with Crippen LogP contribution >= 0.6 is 0 Å². The molecule has 1 aliphatic heterocycles. The SMILES string of the molecule is COc1cccc(OC)c1OC1CCN(C(=O)c2n[nH]c3ccc(C)cc23)CC1. The maximum absolute atomic E-state index is 13.0. The minimum absolute atomic E-state index is 0.0116. The van der Waals surface area contributed by atoms with Crippen LogP contribution in [-0.2, 0) is 0 Å². The van der Waals surface area contributed by atoms with Gasteiger partial charge in [-0.25, -0.2) is 0 Å². The number of H-pyrrole nitrogens is 1. The molecule has 1 aliphatic rings. The lowest BCUT2D eigenvalue weighted by atomic mass is 10.1. The first-order valence-corrected chi connectivity index (χ1v) is 9.72. The van der Waals surface area contributed by atoms with Gasteiger partial charge in [0.1, 0.15) is 6.10 Å². The zero-order chi connectivity index (χ0) is 20.4. The number of benzene rings is 2. The van der Waals surface area contributed by atoms with Gasteiger partial charge in [-0.2, -0.15) is 5.10 Å². The number of carbonyl (C=O) groups excluding carboxylic acids is 1. The lowest BCUT2D eigenvalue weighted by Crippen LogP contribution is -2.42. The third-order valence-corrected chi connectivity index (χ3v) is 5.32. The van der Waals surface area contributed by atoms with E-state index >= 15 is 0 Å². The summed E-state index contributed by atoms with van der Waals surface area (Å²) in [6.07, 6.45) is 1.45. The molecule has 0 atom stereocenters. The smallest absolute Gasteiger partial charge is 0.274 e. The Labute approximate surface area is 169 Å². The lowest BCUT2D eigenvalue weighted by Gasteiger charge is -2.32. The topological polar surface area (TPSA) is 76.7 Å². The van der Waals surface area contributed by atoms with Gasteiger partial charge in [-0.1, -0.05) is 17.7 Å². The van der Waals surface area contributed by atoms with Crippen molar-refractivity contribution in [3.05, 3.63) is 47.7 Å². The van der Waals surface area contributed by atoms with Gasteiger partial charge < -0.3 is 19.1 Å². The highest BCUT2D eigenvalue weighted by molar-refractivity contribution is 6.04. The van der Waals surface area contributed by atoms with Gasteiger partial charge in [0.05, 0.1) is 19.7 Å². The number of methoxy groups -OCH3 is 2. The number of nitrogens with one attached hydrogen (secondary N) is 1. The van der Waals surface area contributed by atoms with Gasteiger partial charge in [-0.05, 0) is 31.2 Å². The number of likely N-dealkylation sites (tertiary alicyclic amines) is 1. The molecule has 2 aromatic carbocycles. The summed E-state index contributed by atoms with van der Waals surface area (Å²) in [6, 6.07) is 11.5. The van der Waals surface area contributed by atoms with Crippen LogP contribution in [0.15, 0.2) is 36.4 Å². The van der Waals surface area contributed by atoms with E-state index in [9.17, 15) is 4.79 Å². The number of rotatable bonds is 5. The first-order chi connectivity index (χ1) is 14.1. The van der Waals surface area contributed by atoms with Crippen molar-refractivity contribution in [2.75, 3.05) is 27.3 Å². The standard InChI is InChI=1S/C22H25N3O4/c1-14-7-8-17-16(13-14)20(24-23-17)22(26)25-11-9-15(10-12-25)29-21-18(27-2)5-4-6-19(21)28-3/h4-8,13,15H,9-12H2,1-3H3,(H,23,24). The third kappa shape index (κ3) is 3.72. The Balaban J connectivity index is 1.45. The summed E-state index contributed by atoms with van der Waals surface area (Å²) in [5.41, 5.74) is 2.46. The molecule has 1 aromatic heterocycles. The number of hydrogen-bond donors (Lipinski definition) is 1. The van der Waals surface area contributed by atoms with E-state index in [1.807, 2.05) is 48.2 Å². The molecule has 0 bridgehead atoms. The van der Waals surface area contributed by atoms with Crippen molar-refractivity contribution in [2.24, 2.45) is 0 Å². The van der Waals surface area contributed by atoms with Gasteiger partial charge in [0.2, 0.25) is 5.75 Å². The zero-order valence-corrected chi connectivity index (χ0v) is 16.9. The van der Waals surface area contributed by atoms with E-state index in [0.717, 1.165) is 29.3 Å². The summed E-state index contributed by atoms with van der Waals surface area (Å²) in [5.74, 6) is 1.84. The van der Waals surface area contributed by atoms with Crippen molar-refractivity contribution in [3.8, 4) is 17.2 Å². The average molecular weight is 395 g/mol. The molecule has 1 N–H and O–H groups in total. The highest BCUT2D eigenvalue weighted by Crippen LogP contribution is 2.38. The number of carbonyl (C=O) groups is 1. The summed E-state index contributed by atoms with van der Waals surface area (Å²) in [5, 5.41) is 8.08. The molecule has 1 saturated heterocycles. The predicted octanol–water partition coefficient (Wildman–Crippen LogP) is 3.57. The van der Waals surface area contributed by atoms with Crippen LogP contribution in [0.2, 0.25) is 0 Å². The van der Waals surface area contributed by atoms with Gasteiger partial charge in [-0.15, -0.1) is 0 Å². The molecule has 0 saturated carbocycles. The van der Waals surface area contributed by atoms with Crippen LogP contribution in [0, 0.1) is 6.92 Å². The molecule has 1 fully saturated rings. The number of aryl methyl sites for hydroxylation is 1. The minimum Gasteiger partial charge on any atom is -0.493 e. The van der Waals surface area contributed by atoms with Crippen LogP contribution in [0.25, 0.3) is 10.9 Å². The fraction of sp³-hybridized carbons (Fsp3) is 0.364. The van der Waals surface area contributed by atoms with Gasteiger partial charge in [-0.3, -0.25) is 9.89 Å². The summed E-state index contributed by atoms with van der Waals surface area (Å²) in [4.78, 5) is 14.9. The molecule has 7 heteroatoms. The van der Waals surface area contributed by atoms with Crippen LogP contribution in [0.4, 0.5) is 0 Å². The Morgan fingerprint density at radius 3 is 2.45 bits per heavy atom. The second-order valence-corrected chi connectivity index (χ2v) is 7.22. The molecule has 3 aromatic rings. The highest BCUT2D eigenvalue weighted by Gasteiger charge is 2.28. The van der Waals surface area contributed by atoms with Crippen LogP contribution in [0.1, 0.15) is 28.9 Å². The van der Waals surface area contributed by atoms with E-state index in [4.69, 9.17) is 14.2 Å². The van der Waals surface area contributed by atoms with E-state index in [0.29, 0.717) is 36.0 Å². The van der Waals surface area contributed by atoms with Crippen molar-refractivity contribution in [1.82, 2.24) is 15.1 Å². The minimum atomic E-state index is -0.0461. The maximum Gasteiger partial charge on any atom is 0.274 e. The normalized spacial score (nSPS) is 14.8. The summed E-state index contributed by atoms with van der Waals surface area (Å²) in [7, 11) is 3.22. The van der Waals surface area contributed by atoms with Crippen LogP contribution in [0.5, 0.6) is 17.2 Å². The Hall–Kier alpha value is -3.22. The largest absolute Gasteiger partial charge is 0.493 e. The Kier molecular flexibility index (Phi) is 5.29. The van der Waals surface area contributed by atoms with Crippen molar-refractivity contribution >= 4 is 16.8 Å². The fourth-order valence-electron chi connectivity index (χ4n) is 3.72. The molecule has 0 radical (unpaired) electrons. The van der Waals surface area contributed by atoms with Gasteiger partial charge >= 0.3 is 0 Å². The maximum atomic E-state index is 13.0. The van der Waals surface area contributed by atoms with Crippen molar-refractivity contribution in [1.29, 1.82) is 0 Å². The monoisotopic (exact) mass is 395 g/mol. The van der Waals surface area contributed by atoms with Crippen LogP contribution in [0.3, 0.4) is 0 Å². The molecule has 0 unspecified atom stereocenters. The van der Waals surface area contributed by atoms with E-state index in [1.165, 1.54) is 0 Å². The summed E-state index contributed by atoms with van der Waals surface area (Å²) in [6.45, 7) is 3.23. The number of fused-ring (bicyclic) bond motifs is 1. The number of para-hydroxylation sites is 1. The molecule has 0 spiro atoms. The highest BCUT2D eigenvalue weighted by atomic mass is 16.5. The number of ether oxygens (including phenoxy) is 3. The lowest BCUT2D eigenvalue weighted by molar-refractivity contribution is 0.0581. The first kappa shape index (κ1) is 19.1. The van der Waals surface area contributed by atoms with E-state index in [2.05, 4.69) is 10.2 Å². The van der Waals surface area contributed by atoms with Crippen LogP contribution < -0.4 is 14.2 Å². The predicted molar refractivity (Wildman–Crippen MR) is 110 cm³/mol. The quantitative estimate of drug-likeness (QED) is 0.715. The second kappa shape index (κ2) is 8.03. The molecular weight excluding hydrogens is 370 g/mol. The van der Waals surface area contributed by atoms with Crippen molar-refractivity contribution in [2.45, 2.75) is 25.9 Å². The number of amides is 1. The molecule has 7 nitrogen and oxygen atoms in total. The molecule has 1 amide bonds. The van der Waals surface area contributed by atoms with E-state index in [-0.39, 0.29) is 12.0 Å². The first-order valence-electron chi connectivity index (χ1n) is 9.72. The number of aromatic amines is 1. The third-order valence-electron chi connectivity index (χ3n) is 5.32. The fourth-order valence-corrected chi connectivity index (χ4v) is 3.72. The molecule has 2 heterocycles. The number of piperidine rings is 1. The van der Waals surface area contributed by atoms with Gasteiger partial charge in [0, 0.05) is 31.3 Å². The molecular formula is C22H25N3O4. The van der Waals surface area contributed by atoms with Crippen molar-refractivity contribution in [3.63, 3.8) is 0 Å². The molecule has 29 heavy (non-hydrogen) atoms. The second-order valence-electron chi connectivity index (χ2n) is 7.22. The van der Waals surface area contributed by atoms with E-state index in [1.54, 1.807) is 14.2 Å². The summed E-state index contributed by atoms with van der Waals surface area (Å²) < 4.78 is 17.0. The molecule has 0 aliphatic carbocycles. The number of aromatic nitrogens is 2. The van der Waals surface area contributed by atoms with Crippen molar-refractivity contribution < 1.29 is 19.0 Å². The van der Waals surface area contributed by atoms with Crippen LogP contribution in [-0.4, -0.2) is 54.4 Å². The zero-order valence-electron chi connectivity index (χ0n) is 16.9. The number of hydrogen-bond acceptors (Lipinski definition) is 5. The average Bonchev–Trinajstić information content (AvgIpc) is 3.17. The number of nitrogens with zero attached hydrogens (tertiary/aromatic N) is 2. The summed E-state index contributed by atoms with van der Waals surface area (Å²) >= 11 is 0.